The third-order valence-electron chi connectivity index (χ3n) is 2.40. The molecule has 0 atom stereocenters. The van der Waals surface area contributed by atoms with E-state index in [4.69, 9.17) is 17.3 Å². The summed E-state index contributed by atoms with van der Waals surface area (Å²) in [6.45, 7) is 0. The molecule has 17 heavy (non-hydrogen) atoms. The Labute approximate surface area is 103 Å². The lowest BCUT2D eigenvalue weighted by atomic mass is 10.0. The largest absolute Gasteiger partial charge is 0.396 e. The third-order valence-corrected chi connectivity index (χ3v) is 2.66. The summed E-state index contributed by atoms with van der Waals surface area (Å²) in [6.07, 6.45) is 0. The number of hydrogen-bond acceptors (Lipinski definition) is 2. The van der Waals surface area contributed by atoms with E-state index in [9.17, 15) is 9.18 Å². The molecular weight excluding hydrogens is 241 g/mol. The van der Waals surface area contributed by atoms with Crippen molar-refractivity contribution in [1.82, 2.24) is 0 Å². The van der Waals surface area contributed by atoms with Crippen molar-refractivity contribution in [3.05, 3.63) is 64.4 Å². The summed E-state index contributed by atoms with van der Waals surface area (Å²) in [4.78, 5) is 12.0. The molecule has 0 aliphatic carbocycles. The SMILES string of the molecule is Nc1c(F)cccc1C(=O)c1ccc(Cl)cc1. The molecule has 0 aliphatic rings. The van der Waals surface area contributed by atoms with Crippen LogP contribution in [0.4, 0.5) is 10.1 Å². The Morgan fingerprint density at radius 3 is 2.41 bits per heavy atom. The number of benzene rings is 2. The number of rotatable bonds is 2. The van der Waals surface area contributed by atoms with E-state index in [0.717, 1.165) is 0 Å². The lowest BCUT2D eigenvalue weighted by Gasteiger charge is -2.05. The molecule has 0 saturated carbocycles. The van der Waals surface area contributed by atoms with Crippen LogP contribution in [0.1, 0.15) is 15.9 Å². The molecule has 2 aromatic rings. The minimum Gasteiger partial charge on any atom is -0.396 e. The number of halogens is 2. The highest BCUT2D eigenvalue weighted by atomic mass is 35.5. The summed E-state index contributed by atoms with van der Waals surface area (Å²) >= 11 is 5.72. The summed E-state index contributed by atoms with van der Waals surface area (Å²) in [5.74, 6) is -0.913. The summed E-state index contributed by atoms with van der Waals surface area (Å²) in [7, 11) is 0. The van der Waals surface area contributed by atoms with Crippen molar-refractivity contribution >= 4 is 23.1 Å². The molecule has 86 valence electrons. The fraction of sp³-hybridized carbons (Fsp3) is 0. The molecule has 2 rings (SSSR count). The minimum atomic E-state index is -0.593. The maximum atomic E-state index is 13.2. The third kappa shape index (κ3) is 2.29. The van der Waals surface area contributed by atoms with E-state index in [1.54, 1.807) is 24.3 Å². The van der Waals surface area contributed by atoms with Crippen LogP contribution in [0.2, 0.25) is 5.02 Å². The van der Waals surface area contributed by atoms with Crippen LogP contribution in [0.25, 0.3) is 0 Å². The van der Waals surface area contributed by atoms with Crippen molar-refractivity contribution in [3.63, 3.8) is 0 Å². The normalized spacial score (nSPS) is 10.2. The Morgan fingerprint density at radius 1 is 1.12 bits per heavy atom. The van der Waals surface area contributed by atoms with Gasteiger partial charge >= 0.3 is 0 Å². The lowest BCUT2D eigenvalue weighted by Crippen LogP contribution is -2.06. The number of carbonyl (C=O) groups excluding carboxylic acids is 1. The predicted molar refractivity (Wildman–Crippen MR) is 65.7 cm³/mol. The molecule has 0 saturated heterocycles. The highest BCUT2D eigenvalue weighted by Gasteiger charge is 2.14. The van der Waals surface area contributed by atoms with E-state index in [1.165, 1.54) is 18.2 Å². The van der Waals surface area contributed by atoms with Gasteiger partial charge in [-0.25, -0.2) is 4.39 Å². The second kappa shape index (κ2) is 4.55. The first-order chi connectivity index (χ1) is 8.09. The molecule has 0 unspecified atom stereocenters. The average Bonchev–Trinajstić information content (AvgIpc) is 2.33. The van der Waals surface area contributed by atoms with Crippen molar-refractivity contribution in [1.29, 1.82) is 0 Å². The number of anilines is 1. The quantitative estimate of drug-likeness (QED) is 0.656. The summed E-state index contributed by atoms with van der Waals surface area (Å²) in [5.41, 5.74) is 5.98. The molecule has 2 nitrogen and oxygen atoms in total. The van der Waals surface area contributed by atoms with Crippen molar-refractivity contribution in [2.24, 2.45) is 0 Å². The number of nitrogen functional groups attached to an aromatic ring is 1. The Balaban J connectivity index is 2.44. The maximum Gasteiger partial charge on any atom is 0.195 e. The Kier molecular flexibility index (Phi) is 3.11. The summed E-state index contributed by atoms with van der Waals surface area (Å²) < 4.78 is 13.2. The Bertz CT molecular complexity index is 566. The number of hydrogen-bond donors (Lipinski definition) is 1. The Morgan fingerprint density at radius 2 is 1.76 bits per heavy atom. The van der Waals surface area contributed by atoms with Crippen LogP contribution in [0.3, 0.4) is 0 Å². The molecule has 4 heteroatoms. The molecule has 0 heterocycles. The second-order valence-electron chi connectivity index (χ2n) is 3.54. The number of nitrogens with two attached hydrogens (primary N) is 1. The average molecular weight is 250 g/mol. The molecule has 0 spiro atoms. The zero-order chi connectivity index (χ0) is 12.4. The van der Waals surface area contributed by atoms with Crippen LogP contribution in [-0.2, 0) is 0 Å². The summed E-state index contributed by atoms with van der Waals surface area (Å²) in [6, 6.07) is 10.5. The van der Waals surface area contributed by atoms with Gasteiger partial charge in [0.15, 0.2) is 5.78 Å². The first-order valence-electron chi connectivity index (χ1n) is 4.94. The van der Waals surface area contributed by atoms with Crippen molar-refractivity contribution in [2.45, 2.75) is 0 Å². The fourth-order valence-corrected chi connectivity index (χ4v) is 1.62. The fourth-order valence-electron chi connectivity index (χ4n) is 1.49. The Hall–Kier alpha value is -1.87. The van der Waals surface area contributed by atoms with Crippen molar-refractivity contribution < 1.29 is 9.18 Å². The summed E-state index contributed by atoms with van der Waals surface area (Å²) in [5, 5.41) is 0.536. The van der Waals surface area contributed by atoms with Crippen molar-refractivity contribution in [3.8, 4) is 0 Å². The molecule has 0 radical (unpaired) electrons. The smallest absolute Gasteiger partial charge is 0.195 e. The van der Waals surface area contributed by atoms with E-state index in [1.807, 2.05) is 0 Å². The molecular formula is C13H9ClFNO. The monoisotopic (exact) mass is 249 g/mol. The second-order valence-corrected chi connectivity index (χ2v) is 3.97. The highest BCUT2D eigenvalue weighted by Crippen LogP contribution is 2.20. The van der Waals surface area contributed by atoms with Gasteiger partial charge in [0.1, 0.15) is 5.82 Å². The van der Waals surface area contributed by atoms with Gasteiger partial charge in [0.2, 0.25) is 0 Å². The van der Waals surface area contributed by atoms with Gasteiger partial charge in [-0.05, 0) is 36.4 Å². The molecule has 0 aliphatic heterocycles. The van der Waals surface area contributed by atoms with Crippen molar-refractivity contribution in [2.75, 3.05) is 5.73 Å². The molecule has 0 bridgehead atoms. The molecule has 2 aromatic carbocycles. The molecule has 0 aromatic heterocycles. The van der Waals surface area contributed by atoms with Crippen LogP contribution < -0.4 is 5.73 Å². The predicted octanol–water partition coefficient (Wildman–Crippen LogP) is 3.29. The van der Waals surface area contributed by atoms with Gasteiger partial charge in [-0.3, -0.25) is 4.79 Å². The van der Waals surface area contributed by atoms with E-state index in [2.05, 4.69) is 0 Å². The van der Waals surface area contributed by atoms with Gasteiger partial charge in [0.25, 0.3) is 0 Å². The zero-order valence-electron chi connectivity index (χ0n) is 8.78. The number of para-hydroxylation sites is 1. The van der Waals surface area contributed by atoms with Gasteiger partial charge in [0, 0.05) is 16.1 Å². The standard InChI is InChI=1S/C13H9ClFNO/c14-9-6-4-8(5-7-9)13(17)10-2-1-3-11(15)12(10)16/h1-7H,16H2. The van der Waals surface area contributed by atoms with Gasteiger partial charge < -0.3 is 5.73 Å². The lowest BCUT2D eigenvalue weighted by molar-refractivity contribution is 0.103. The van der Waals surface area contributed by atoms with Crippen LogP contribution in [0.5, 0.6) is 0 Å². The van der Waals surface area contributed by atoms with Crippen LogP contribution in [-0.4, -0.2) is 5.78 Å². The van der Waals surface area contributed by atoms with Gasteiger partial charge in [-0.2, -0.15) is 0 Å². The van der Waals surface area contributed by atoms with E-state index in [-0.39, 0.29) is 17.0 Å². The van der Waals surface area contributed by atoms with E-state index in [0.29, 0.717) is 10.6 Å². The molecule has 0 fully saturated rings. The maximum absolute atomic E-state index is 13.2. The minimum absolute atomic E-state index is 0.132. The first-order valence-corrected chi connectivity index (χ1v) is 5.31. The molecule has 2 N–H and O–H groups in total. The zero-order valence-corrected chi connectivity index (χ0v) is 9.54. The van der Waals surface area contributed by atoms with E-state index >= 15 is 0 Å². The van der Waals surface area contributed by atoms with E-state index < -0.39 is 5.82 Å². The molecule has 0 amide bonds. The number of carbonyl (C=O) groups is 1. The van der Waals surface area contributed by atoms with Crippen LogP contribution >= 0.6 is 11.6 Å². The van der Waals surface area contributed by atoms with Gasteiger partial charge in [-0.1, -0.05) is 17.7 Å². The van der Waals surface area contributed by atoms with Crippen LogP contribution in [0, 0.1) is 5.82 Å². The van der Waals surface area contributed by atoms with Gasteiger partial charge in [0.05, 0.1) is 5.69 Å². The number of ketones is 1. The first kappa shape index (κ1) is 11.6. The topological polar surface area (TPSA) is 43.1 Å². The van der Waals surface area contributed by atoms with Gasteiger partial charge in [-0.15, -0.1) is 0 Å². The highest BCUT2D eigenvalue weighted by molar-refractivity contribution is 6.30. The van der Waals surface area contributed by atoms with Crippen LogP contribution in [0.15, 0.2) is 42.5 Å².